The van der Waals surface area contributed by atoms with Gasteiger partial charge in [0.1, 0.15) is 0 Å². The predicted molar refractivity (Wildman–Crippen MR) is 157 cm³/mol. The number of anilines is 2. The summed E-state index contributed by atoms with van der Waals surface area (Å²) >= 11 is 0. The lowest BCUT2D eigenvalue weighted by Gasteiger charge is -2.30. The van der Waals surface area contributed by atoms with E-state index in [0.29, 0.717) is 24.5 Å². The standard InChI is InChI=1S/C34H36N2O4/c1-2-39-31-21-24(17-18-30(31)40-34(38)23-13-7-4-8-14-23)33-32-28(35-26-15-9-10-16-27(26)36-33)19-25(20-29(32)37)22-11-5-3-6-12-22/h3,5-6,9-12,15-18,21,23,25,33,35-36H,2,4,7-8,13-14,19-20H2,1H3/t25-,33-/m0/s1. The molecule has 3 aliphatic rings. The van der Waals surface area contributed by atoms with Crippen molar-refractivity contribution in [3.8, 4) is 11.5 Å². The van der Waals surface area contributed by atoms with E-state index in [1.54, 1.807) is 0 Å². The molecule has 1 fully saturated rings. The molecule has 206 valence electrons. The van der Waals surface area contributed by atoms with Crippen molar-refractivity contribution in [1.29, 1.82) is 0 Å². The van der Waals surface area contributed by atoms with E-state index in [1.807, 2.05) is 67.6 Å². The van der Waals surface area contributed by atoms with Crippen LogP contribution >= 0.6 is 0 Å². The first-order valence-corrected chi connectivity index (χ1v) is 14.5. The summed E-state index contributed by atoms with van der Waals surface area (Å²) in [4.78, 5) is 26.8. The Hall–Kier alpha value is -4.06. The maximum Gasteiger partial charge on any atom is 0.314 e. The molecule has 1 heterocycles. The van der Waals surface area contributed by atoms with Crippen molar-refractivity contribution in [3.05, 3.63) is 95.2 Å². The lowest BCUT2D eigenvalue weighted by atomic mass is 9.78. The minimum Gasteiger partial charge on any atom is -0.490 e. The number of benzene rings is 3. The fraction of sp³-hybridized carbons (Fsp3) is 0.353. The number of para-hydroxylation sites is 2. The Kier molecular flexibility index (Phi) is 7.58. The van der Waals surface area contributed by atoms with E-state index >= 15 is 0 Å². The number of esters is 1. The van der Waals surface area contributed by atoms with Gasteiger partial charge in [0.05, 0.1) is 29.9 Å². The van der Waals surface area contributed by atoms with Crippen LogP contribution < -0.4 is 20.1 Å². The molecule has 40 heavy (non-hydrogen) atoms. The Morgan fingerprint density at radius 1 is 0.850 bits per heavy atom. The summed E-state index contributed by atoms with van der Waals surface area (Å²) in [6.07, 6.45) is 6.26. The normalized spacial score (nSPS) is 20.9. The third kappa shape index (κ3) is 5.35. The fourth-order valence-electron chi connectivity index (χ4n) is 6.29. The molecule has 2 atom stereocenters. The van der Waals surface area contributed by atoms with Crippen molar-refractivity contribution in [2.45, 2.75) is 63.8 Å². The lowest BCUT2D eigenvalue weighted by Crippen LogP contribution is -2.27. The van der Waals surface area contributed by atoms with Gasteiger partial charge in [0, 0.05) is 17.7 Å². The van der Waals surface area contributed by atoms with E-state index in [9.17, 15) is 9.59 Å². The Labute approximate surface area is 235 Å². The molecule has 3 aromatic rings. The number of hydrogen-bond acceptors (Lipinski definition) is 6. The van der Waals surface area contributed by atoms with Crippen molar-refractivity contribution in [3.63, 3.8) is 0 Å². The molecule has 1 aliphatic heterocycles. The van der Waals surface area contributed by atoms with Gasteiger partial charge in [-0.1, -0.05) is 67.8 Å². The number of nitrogens with one attached hydrogen (secondary N) is 2. The van der Waals surface area contributed by atoms with Crippen LogP contribution in [-0.2, 0) is 9.59 Å². The fourth-order valence-corrected chi connectivity index (χ4v) is 6.29. The molecule has 6 nitrogen and oxygen atoms in total. The number of ether oxygens (including phenoxy) is 2. The largest absolute Gasteiger partial charge is 0.490 e. The maximum atomic E-state index is 13.9. The van der Waals surface area contributed by atoms with E-state index in [1.165, 1.54) is 12.0 Å². The highest BCUT2D eigenvalue weighted by Crippen LogP contribution is 2.45. The van der Waals surface area contributed by atoms with Gasteiger partial charge in [-0.3, -0.25) is 9.59 Å². The average molecular weight is 537 g/mol. The number of hydrogen-bond donors (Lipinski definition) is 2. The van der Waals surface area contributed by atoms with Gasteiger partial charge in [0.2, 0.25) is 0 Å². The minimum absolute atomic E-state index is 0.0564. The molecule has 1 saturated carbocycles. The number of fused-ring (bicyclic) bond motifs is 1. The number of Topliss-reactive ketones (excluding diaryl/α,β-unsaturated/α-hetero) is 1. The summed E-state index contributed by atoms with van der Waals surface area (Å²) in [6, 6.07) is 23.6. The van der Waals surface area contributed by atoms with Gasteiger partial charge in [-0.25, -0.2) is 0 Å². The lowest BCUT2D eigenvalue weighted by molar-refractivity contribution is -0.140. The number of carbonyl (C=O) groups excluding carboxylic acids is 2. The van der Waals surface area contributed by atoms with E-state index in [4.69, 9.17) is 9.47 Å². The molecule has 0 saturated heterocycles. The van der Waals surface area contributed by atoms with E-state index in [-0.39, 0.29) is 29.6 Å². The first-order chi connectivity index (χ1) is 19.6. The number of ketones is 1. The van der Waals surface area contributed by atoms with Crippen LogP contribution in [0.4, 0.5) is 11.4 Å². The Bertz CT molecular complexity index is 1420. The summed E-state index contributed by atoms with van der Waals surface area (Å²) in [6.45, 7) is 2.35. The summed E-state index contributed by atoms with van der Waals surface area (Å²) in [5.41, 5.74) is 5.63. The number of rotatable bonds is 6. The molecule has 6 rings (SSSR count). The van der Waals surface area contributed by atoms with Crippen LogP contribution in [0.3, 0.4) is 0 Å². The monoisotopic (exact) mass is 536 g/mol. The van der Waals surface area contributed by atoms with Crippen LogP contribution in [0.1, 0.15) is 75.0 Å². The second-order valence-corrected chi connectivity index (χ2v) is 11.0. The molecule has 0 spiro atoms. The van der Waals surface area contributed by atoms with Crippen molar-refractivity contribution in [2.24, 2.45) is 5.92 Å². The zero-order chi connectivity index (χ0) is 27.5. The van der Waals surface area contributed by atoms with Gasteiger partial charge >= 0.3 is 5.97 Å². The molecular weight excluding hydrogens is 500 g/mol. The smallest absolute Gasteiger partial charge is 0.314 e. The van der Waals surface area contributed by atoms with Gasteiger partial charge in [0.15, 0.2) is 17.3 Å². The molecule has 0 amide bonds. The topological polar surface area (TPSA) is 76.7 Å². The van der Waals surface area contributed by atoms with Gasteiger partial charge in [-0.15, -0.1) is 0 Å². The Morgan fingerprint density at radius 2 is 1.60 bits per heavy atom. The van der Waals surface area contributed by atoms with Crippen LogP contribution in [0.25, 0.3) is 0 Å². The maximum absolute atomic E-state index is 13.9. The molecule has 0 radical (unpaired) electrons. The van der Waals surface area contributed by atoms with Crippen LogP contribution in [0, 0.1) is 5.92 Å². The highest BCUT2D eigenvalue weighted by molar-refractivity contribution is 6.01. The van der Waals surface area contributed by atoms with Gasteiger partial charge in [-0.2, -0.15) is 0 Å². The third-order valence-corrected chi connectivity index (χ3v) is 8.33. The Morgan fingerprint density at radius 3 is 2.38 bits per heavy atom. The molecule has 6 heteroatoms. The second-order valence-electron chi connectivity index (χ2n) is 11.0. The average Bonchev–Trinajstić information content (AvgIpc) is 3.16. The van der Waals surface area contributed by atoms with Gasteiger partial charge in [0.25, 0.3) is 0 Å². The number of allylic oxidation sites excluding steroid dienone is 1. The summed E-state index contributed by atoms with van der Waals surface area (Å²) < 4.78 is 11.8. The second kappa shape index (κ2) is 11.6. The zero-order valence-electron chi connectivity index (χ0n) is 23.0. The molecular formula is C34H36N2O4. The molecule has 2 aliphatic carbocycles. The van der Waals surface area contributed by atoms with Crippen molar-refractivity contribution in [2.75, 3.05) is 17.2 Å². The van der Waals surface area contributed by atoms with Crippen LogP contribution in [0.15, 0.2) is 84.1 Å². The van der Waals surface area contributed by atoms with Crippen molar-refractivity contribution >= 4 is 23.1 Å². The summed E-state index contributed by atoms with van der Waals surface area (Å²) in [7, 11) is 0. The van der Waals surface area contributed by atoms with Crippen LogP contribution in [0.5, 0.6) is 11.5 Å². The first-order valence-electron chi connectivity index (χ1n) is 14.5. The van der Waals surface area contributed by atoms with Crippen molar-refractivity contribution in [1.82, 2.24) is 0 Å². The van der Waals surface area contributed by atoms with E-state index in [0.717, 1.165) is 60.3 Å². The molecule has 0 bridgehead atoms. The number of carbonyl (C=O) groups is 2. The predicted octanol–water partition coefficient (Wildman–Crippen LogP) is 7.55. The highest BCUT2D eigenvalue weighted by atomic mass is 16.6. The van der Waals surface area contributed by atoms with Crippen LogP contribution in [-0.4, -0.2) is 18.4 Å². The SMILES string of the molecule is CCOc1cc([C@@H]2Nc3ccccc3NC3=C2C(=O)C[C@@H](c2ccccc2)C3)ccc1OC(=O)C1CCCCC1. The van der Waals surface area contributed by atoms with E-state index in [2.05, 4.69) is 22.8 Å². The van der Waals surface area contributed by atoms with Crippen molar-refractivity contribution < 1.29 is 19.1 Å². The summed E-state index contributed by atoms with van der Waals surface area (Å²) in [5.74, 6) is 0.952. The Balaban J connectivity index is 1.36. The van der Waals surface area contributed by atoms with Gasteiger partial charge < -0.3 is 20.1 Å². The van der Waals surface area contributed by atoms with Crippen LogP contribution in [0.2, 0.25) is 0 Å². The quantitative estimate of drug-likeness (QED) is 0.250. The molecule has 3 aromatic carbocycles. The molecule has 0 aromatic heterocycles. The first kappa shape index (κ1) is 26.2. The molecule has 2 N–H and O–H groups in total. The van der Waals surface area contributed by atoms with E-state index < -0.39 is 0 Å². The summed E-state index contributed by atoms with van der Waals surface area (Å²) in [5, 5.41) is 7.24. The zero-order valence-corrected chi connectivity index (χ0v) is 23.0. The minimum atomic E-state index is -0.377. The third-order valence-electron chi connectivity index (χ3n) is 8.33. The van der Waals surface area contributed by atoms with Gasteiger partial charge in [-0.05, 0) is 67.5 Å². The highest BCUT2D eigenvalue weighted by Gasteiger charge is 2.36. The molecule has 0 unspecified atom stereocenters.